The number of halogens is 3. The molecule has 0 saturated heterocycles. The Labute approximate surface area is 112 Å². The van der Waals surface area contributed by atoms with Gasteiger partial charge in [0.05, 0.1) is 19.8 Å². The highest BCUT2D eigenvalue weighted by Gasteiger charge is 2.31. The fourth-order valence-corrected chi connectivity index (χ4v) is 1.72. The van der Waals surface area contributed by atoms with E-state index in [9.17, 15) is 18.0 Å². The number of rotatable bonds is 5. The van der Waals surface area contributed by atoms with E-state index in [0.29, 0.717) is 5.88 Å². The van der Waals surface area contributed by atoms with Gasteiger partial charge in [0, 0.05) is 6.07 Å². The molecule has 9 heteroatoms. The number of carbonyl (C=O) groups is 1. The molecule has 2 rings (SSSR count). The van der Waals surface area contributed by atoms with Crippen LogP contribution in [0.15, 0.2) is 6.07 Å². The van der Waals surface area contributed by atoms with Gasteiger partial charge in [-0.3, -0.25) is 0 Å². The number of alkyl halides is 3. The Bertz CT molecular complexity index is 463. The number of carbonyl (C=O) groups excluding carboxylic acids is 1. The topological polar surface area (TPSA) is 62.6 Å². The molecular weight excluding hydrogens is 281 g/mol. The second-order valence-electron chi connectivity index (χ2n) is 4.14. The second kappa shape index (κ2) is 5.70. The summed E-state index contributed by atoms with van der Waals surface area (Å²) in [5.41, 5.74) is 0.108. The highest BCUT2D eigenvalue weighted by molar-refractivity contribution is 5.87. The van der Waals surface area contributed by atoms with Gasteiger partial charge >= 0.3 is 12.1 Å². The normalized spacial score (nSPS) is 17.7. The van der Waals surface area contributed by atoms with Gasteiger partial charge in [0.15, 0.2) is 5.69 Å². The van der Waals surface area contributed by atoms with Gasteiger partial charge in [-0.05, 0) is 6.92 Å². The zero-order valence-electron chi connectivity index (χ0n) is 10.6. The van der Waals surface area contributed by atoms with E-state index in [0.717, 1.165) is 0 Å². The molecule has 0 saturated carbocycles. The van der Waals surface area contributed by atoms with Gasteiger partial charge in [-0.25, -0.2) is 9.48 Å². The van der Waals surface area contributed by atoms with Gasteiger partial charge in [0.1, 0.15) is 12.7 Å². The first-order valence-electron chi connectivity index (χ1n) is 5.95. The number of hydrogen-bond donors (Lipinski definition) is 0. The number of fused-ring (bicyclic) bond motifs is 1. The summed E-state index contributed by atoms with van der Waals surface area (Å²) in [5, 5.41) is 3.96. The molecule has 0 aromatic carbocycles. The third-order valence-corrected chi connectivity index (χ3v) is 2.46. The van der Waals surface area contributed by atoms with E-state index in [2.05, 4.69) is 9.84 Å². The van der Waals surface area contributed by atoms with E-state index in [1.165, 1.54) is 10.7 Å². The van der Waals surface area contributed by atoms with Crippen LogP contribution in [0.25, 0.3) is 0 Å². The van der Waals surface area contributed by atoms with Crippen molar-refractivity contribution in [2.24, 2.45) is 0 Å². The molecule has 6 nitrogen and oxygen atoms in total. The standard InChI is InChI=1S/C11H13F3N2O4/c1-2-19-10(17)8-3-9-16(15-8)4-7(20-9)5-18-6-11(12,13)14/h3,7H,2,4-6H2,1H3. The van der Waals surface area contributed by atoms with Crippen molar-refractivity contribution in [3.05, 3.63) is 11.8 Å². The molecule has 1 atom stereocenters. The Hall–Kier alpha value is -1.77. The van der Waals surface area contributed by atoms with Crippen molar-refractivity contribution >= 4 is 5.97 Å². The molecule has 112 valence electrons. The average molecular weight is 294 g/mol. The maximum absolute atomic E-state index is 11.9. The Balaban J connectivity index is 1.84. The van der Waals surface area contributed by atoms with Gasteiger partial charge < -0.3 is 14.2 Å². The molecule has 0 radical (unpaired) electrons. The molecule has 0 amide bonds. The molecular formula is C11H13F3N2O4. The van der Waals surface area contributed by atoms with Gasteiger partial charge in [-0.2, -0.15) is 18.3 Å². The predicted molar refractivity (Wildman–Crippen MR) is 59.5 cm³/mol. The number of hydrogen-bond acceptors (Lipinski definition) is 5. The maximum atomic E-state index is 11.9. The summed E-state index contributed by atoms with van der Waals surface area (Å²) >= 11 is 0. The van der Waals surface area contributed by atoms with Crippen molar-refractivity contribution in [1.29, 1.82) is 0 Å². The lowest BCUT2D eigenvalue weighted by Crippen LogP contribution is -2.26. The van der Waals surface area contributed by atoms with Crippen molar-refractivity contribution in [3.8, 4) is 5.88 Å². The molecule has 0 fully saturated rings. The number of esters is 1. The summed E-state index contributed by atoms with van der Waals surface area (Å²) in [7, 11) is 0. The van der Waals surface area contributed by atoms with E-state index >= 15 is 0 Å². The van der Waals surface area contributed by atoms with Crippen LogP contribution < -0.4 is 4.74 Å². The molecule has 0 aliphatic carbocycles. The molecule has 1 aromatic heterocycles. The molecule has 0 spiro atoms. The van der Waals surface area contributed by atoms with Crippen molar-refractivity contribution in [1.82, 2.24) is 9.78 Å². The summed E-state index contributed by atoms with van der Waals surface area (Å²) in [6.07, 6.45) is -4.90. The lowest BCUT2D eigenvalue weighted by Gasteiger charge is -2.11. The smallest absolute Gasteiger partial charge is 0.411 e. The quantitative estimate of drug-likeness (QED) is 0.768. The first kappa shape index (κ1) is 14.6. The summed E-state index contributed by atoms with van der Waals surface area (Å²) in [6, 6.07) is 1.39. The summed E-state index contributed by atoms with van der Waals surface area (Å²) in [6.45, 7) is 0.620. The van der Waals surface area contributed by atoms with Crippen LogP contribution in [0, 0.1) is 0 Å². The van der Waals surface area contributed by atoms with Gasteiger partial charge in [-0.1, -0.05) is 0 Å². The maximum Gasteiger partial charge on any atom is 0.411 e. The van der Waals surface area contributed by atoms with Crippen molar-refractivity contribution in [3.63, 3.8) is 0 Å². The Morgan fingerprint density at radius 2 is 2.35 bits per heavy atom. The van der Waals surface area contributed by atoms with Gasteiger partial charge in [-0.15, -0.1) is 0 Å². The molecule has 20 heavy (non-hydrogen) atoms. The molecule has 1 aromatic rings. The van der Waals surface area contributed by atoms with E-state index < -0.39 is 24.9 Å². The van der Waals surface area contributed by atoms with Crippen LogP contribution in [-0.4, -0.2) is 47.9 Å². The SMILES string of the molecule is CCOC(=O)c1cc2n(n1)CC(COCC(F)(F)F)O2. The summed E-state index contributed by atoms with van der Waals surface area (Å²) < 4.78 is 51.8. The van der Waals surface area contributed by atoms with E-state index in [1.54, 1.807) is 6.92 Å². The van der Waals surface area contributed by atoms with Crippen LogP contribution in [0.2, 0.25) is 0 Å². The minimum atomic E-state index is -4.36. The summed E-state index contributed by atoms with van der Waals surface area (Å²) in [4.78, 5) is 11.4. The third-order valence-electron chi connectivity index (χ3n) is 2.46. The van der Waals surface area contributed by atoms with Crippen molar-refractivity contribution < 1.29 is 32.2 Å². The Morgan fingerprint density at radius 3 is 2.95 bits per heavy atom. The van der Waals surface area contributed by atoms with Crippen LogP contribution in [0.1, 0.15) is 17.4 Å². The van der Waals surface area contributed by atoms with Crippen LogP contribution in [0.5, 0.6) is 5.88 Å². The predicted octanol–water partition coefficient (Wildman–Crippen LogP) is 1.40. The summed E-state index contributed by atoms with van der Waals surface area (Å²) in [5.74, 6) is -0.253. The minimum absolute atomic E-state index is 0.108. The lowest BCUT2D eigenvalue weighted by atomic mass is 10.4. The van der Waals surface area contributed by atoms with Crippen LogP contribution in [0.3, 0.4) is 0 Å². The molecule has 2 heterocycles. The van der Waals surface area contributed by atoms with Gasteiger partial charge in [0.25, 0.3) is 0 Å². The fourth-order valence-electron chi connectivity index (χ4n) is 1.72. The highest BCUT2D eigenvalue weighted by Crippen LogP contribution is 2.23. The third kappa shape index (κ3) is 3.62. The van der Waals surface area contributed by atoms with Crippen LogP contribution >= 0.6 is 0 Å². The van der Waals surface area contributed by atoms with E-state index in [4.69, 9.17) is 9.47 Å². The zero-order valence-corrected chi connectivity index (χ0v) is 10.6. The fraction of sp³-hybridized carbons (Fsp3) is 0.636. The Morgan fingerprint density at radius 1 is 1.60 bits per heavy atom. The zero-order chi connectivity index (χ0) is 14.8. The molecule has 1 aliphatic heterocycles. The second-order valence-corrected chi connectivity index (χ2v) is 4.14. The highest BCUT2D eigenvalue weighted by atomic mass is 19.4. The number of nitrogens with zero attached hydrogens (tertiary/aromatic N) is 2. The van der Waals surface area contributed by atoms with Crippen molar-refractivity contribution in [2.75, 3.05) is 19.8 Å². The number of aromatic nitrogens is 2. The van der Waals surface area contributed by atoms with Crippen molar-refractivity contribution in [2.45, 2.75) is 25.7 Å². The number of ether oxygens (including phenoxy) is 3. The lowest BCUT2D eigenvalue weighted by molar-refractivity contribution is -0.177. The van der Waals surface area contributed by atoms with E-state index in [-0.39, 0.29) is 25.5 Å². The first-order chi connectivity index (χ1) is 9.39. The average Bonchev–Trinajstić information content (AvgIpc) is 2.85. The monoisotopic (exact) mass is 294 g/mol. The first-order valence-corrected chi connectivity index (χ1v) is 5.95. The Kier molecular flexibility index (Phi) is 4.17. The minimum Gasteiger partial charge on any atom is -0.470 e. The van der Waals surface area contributed by atoms with Gasteiger partial charge in [0.2, 0.25) is 5.88 Å². The molecule has 0 bridgehead atoms. The molecule has 0 N–H and O–H groups in total. The van der Waals surface area contributed by atoms with Crippen LogP contribution in [0.4, 0.5) is 13.2 Å². The van der Waals surface area contributed by atoms with E-state index in [1.807, 2.05) is 0 Å². The largest absolute Gasteiger partial charge is 0.470 e. The molecule has 1 aliphatic rings. The molecule has 1 unspecified atom stereocenters. The van der Waals surface area contributed by atoms with Crippen LogP contribution in [-0.2, 0) is 16.0 Å².